The summed E-state index contributed by atoms with van der Waals surface area (Å²) in [4.78, 5) is 24.4. The number of nitrogens with one attached hydrogen (secondary N) is 1. The van der Waals surface area contributed by atoms with Gasteiger partial charge in [-0.25, -0.2) is 4.79 Å². The number of aryl methyl sites for hydroxylation is 1. The lowest BCUT2D eigenvalue weighted by Gasteiger charge is -2.10. The molecule has 3 rings (SSSR count). The Morgan fingerprint density at radius 1 is 1.15 bits per heavy atom. The lowest BCUT2D eigenvalue weighted by molar-refractivity contribution is 0.0462. The van der Waals surface area contributed by atoms with Crippen LogP contribution in [0.25, 0.3) is 0 Å². The first kappa shape index (κ1) is 17.6. The van der Waals surface area contributed by atoms with E-state index in [0.29, 0.717) is 10.6 Å². The fraction of sp³-hybridized carbons (Fsp3) is 0.111. The van der Waals surface area contributed by atoms with Crippen molar-refractivity contribution in [2.24, 2.45) is 0 Å². The second kappa shape index (κ2) is 7.79. The molecule has 2 aromatic carbocycles. The third kappa shape index (κ3) is 4.46. The average molecular weight is 370 g/mol. The molecule has 0 spiro atoms. The summed E-state index contributed by atoms with van der Waals surface area (Å²) in [6.45, 7) is 1.82. The SMILES string of the molecule is Cc1ccccc1Nc1nc(N)nc(COC(=O)c2cccc(Cl)c2)n1. The van der Waals surface area contributed by atoms with Gasteiger partial charge in [0.15, 0.2) is 12.4 Å². The minimum absolute atomic E-state index is 0.0323. The van der Waals surface area contributed by atoms with E-state index in [4.69, 9.17) is 22.1 Å². The number of ether oxygens (including phenoxy) is 1. The molecule has 3 N–H and O–H groups in total. The molecule has 0 saturated heterocycles. The Morgan fingerprint density at radius 2 is 1.96 bits per heavy atom. The zero-order chi connectivity index (χ0) is 18.5. The number of hydrogen-bond donors (Lipinski definition) is 2. The van der Waals surface area contributed by atoms with Crippen LogP contribution in [0.5, 0.6) is 0 Å². The maximum atomic E-state index is 12.1. The summed E-state index contributed by atoms with van der Waals surface area (Å²) in [5.41, 5.74) is 7.95. The van der Waals surface area contributed by atoms with Crippen molar-refractivity contribution in [2.75, 3.05) is 11.1 Å². The van der Waals surface area contributed by atoms with Gasteiger partial charge in [-0.1, -0.05) is 35.9 Å². The molecule has 0 bridgehead atoms. The molecule has 0 atom stereocenters. The van der Waals surface area contributed by atoms with Crippen molar-refractivity contribution in [1.82, 2.24) is 15.0 Å². The summed E-state index contributed by atoms with van der Waals surface area (Å²) >= 11 is 5.87. The molecule has 3 aromatic rings. The third-order valence-electron chi connectivity index (χ3n) is 3.48. The van der Waals surface area contributed by atoms with Crippen LogP contribution in [-0.2, 0) is 11.3 Å². The Balaban J connectivity index is 1.71. The van der Waals surface area contributed by atoms with Gasteiger partial charge >= 0.3 is 5.97 Å². The van der Waals surface area contributed by atoms with Crippen molar-refractivity contribution in [1.29, 1.82) is 0 Å². The smallest absolute Gasteiger partial charge is 0.338 e. The number of nitrogens with two attached hydrogens (primary N) is 1. The molecule has 1 aromatic heterocycles. The number of para-hydroxylation sites is 1. The quantitative estimate of drug-likeness (QED) is 0.663. The topological polar surface area (TPSA) is 103 Å². The molecule has 132 valence electrons. The van der Waals surface area contributed by atoms with E-state index in [9.17, 15) is 4.79 Å². The normalized spacial score (nSPS) is 10.4. The number of hydrogen-bond acceptors (Lipinski definition) is 7. The van der Waals surface area contributed by atoms with Gasteiger partial charge in [-0.15, -0.1) is 0 Å². The van der Waals surface area contributed by atoms with Gasteiger partial charge in [-0.05, 0) is 36.8 Å². The summed E-state index contributed by atoms with van der Waals surface area (Å²) < 4.78 is 5.22. The van der Waals surface area contributed by atoms with Crippen molar-refractivity contribution >= 4 is 35.2 Å². The van der Waals surface area contributed by atoms with Crippen molar-refractivity contribution in [3.05, 3.63) is 70.5 Å². The average Bonchev–Trinajstić information content (AvgIpc) is 2.61. The molecule has 0 fully saturated rings. The van der Waals surface area contributed by atoms with Crippen LogP contribution in [0, 0.1) is 6.92 Å². The minimum atomic E-state index is -0.528. The minimum Gasteiger partial charge on any atom is -0.454 e. The van der Waals surface area contributed by atoms with Crippen LogP contribution in [0.4, 0.5) is 17.6 Å². The highest BCUT2D eigenvalue weighted by molar-refractivity contribution is 6.30. The number of carbonyl (C=O) groups excluding carboxylic acids is 1. The van der Waals surface area contributed by atoms with Gasteiger partial charge in [0.25, 0.3) is 0 Å². The predicted molar refractivity (Wildman–Crippen MR) is 99.3 cm³/mol. The highest BCUT2D eigenvalue weighted by Crippen LogP contribution is 2.18. The third-order valence-corrected chi connectivity index (χ3v) is 3.72. The van der Waals surface area contributed by atoms with E-state index < -0.39 is 5.97 Å². The second-order valence-corrected chi connectivity index (χ2v) is 5.90. The van der Waals surface area contributed by atoms with E-state index in [2.05, 4.69) is 20.3 Å². The van der Waals surface area contributed by atoms with Gasteiger partial charge in [0.2, 0.25) is 11.9 Å². The van der Waals surface area contributed by atoms with E-state index in [0.717, 1.165) is 11.3 Å². The number of halogens is 1. The van der Waals surface area contributed by atoms with E-state index in [1.165, 1.54) is 6.07 Å². The Morgan fingerprint density at radius 3 is 2.73 bits per heavy atom. The zero-order valence-electron chi connectivity index (χ0n) is 13.9. The summed E-state index contributed by atoms with van der Waals surface area (Å²) in [5, 5.41) is 3.53. The predicted octanol–water partition coefficient (Wildman–Crippen LogP) is 3.52. The second-order valence-electron chi connectivity index (χ2n) is 5.46. The molecular formula is C18H16ClN5O2. The fourth-order valence-electron chi connectivity index (χ4n) is 2.22. The molecule has 7 nitrogen and oxygen atoms in total. The van der Waals surface area contributed by atoms with Crippen LogP contribution in [0.3, 0.4) is 0 Å². The number of benzene rings is 2. The number of nitrogen functional groups attached to an aromatic ring is 1. The first-order chi connectivity index (χ1) is 12.5. The van der Waals surface area contributed by atoms with Gasteiger partial charge in [0.1, 0.15) is 0 Å². The highest BCUT2D eigenvalue weighted by Gasteiger charge is 2.11. The monoisotopic (exact) mass is 369 g/mol. The maximum absolute atomic E-state index is 12.1. The Bertz CT molecular complexity index is 948. The van der Waals surface area contributed by atoms with Crippen LogP contribution in [0.2, 0.25) is 5.02 Å². The number of carbonyl (C=O) groups is 1. The molecule has 1 heterocycles. The molecule has 0 aliphatic carbocycles. The summed E-state index contributed by atoms with van der Waals surface area (Å²) in [5.74, 6) is 0.0225. The molecule has 26 heavy (non-hydrogen) atoms. The highest BCUT2D eigenvalue weighted by atomic mass is 35.5. The number of esters is 1. The molecule has 0 radical (unpaired) electrons. The molecule has 0 amide bonds. The maximum Gasteiger partial charge on any atom is 0.338 e. The van der Waals surface area contributed by atoms with E-state index in [1.54, 1.807) is 18.2 Å². The van der Waals surface area contributed by atoms with Crippen molar-refractivity contribution < 1.29 is 9.53 Å². The van der Waals surface area contributed by atoms with Crippen molar-refractivity contribution in [3.8, 4) is 0 Å². The number of rotatable bonds is 5. The molecule has 0 saturated carbocycles. The first-order valence-corrected chi connectivity index (χ1v) is 8.15. The van der Waals surface area contributed by atoms with Gasteiger partial charge in [-0.3, -0.25) is 0 Å². The van der Waals surface area contributed by atoms with E-state index in [-0.39, 0.29) is 24.3 Å². The van der Waals surface area contributed by atoms with Crippen LogP contribution < -0.4 is 11.1 Å². The van der Waals surface area contributed by atoms with Crippen molar-refractivity contribution in [3.63, 3.8) is 0 Å². The zero-order valence-corrected chi connectivity index (χ0v) is 14.7. The lowest BCUT2D eigenvalue weighted by atomic mass is 10.2. The van der Waals surface area contributed by atoms with E-state index >= 15 is 0 Å². The molecule has 0 aliphatic rings. The van der Waals surface area contributed by atoms with Gasteiger partial charge in [0, 0.05) is 10.7 Å². The van der Waals surface area contributed by atoms with E-state index in [1.807, 2.05) is 31.2 Å². The standard InChI is InChI=1S/C18H16ClN5O2/c1-11-5-2-3-8-14(11)21-18-23-15(22-17(20)24-18)10-26-16(25)12-6-4-7-13(19)9-12/h2-9H,10H2,1H3,(H3,20,21,22,23,24). The molecule has 0 aliphatic heterocycles. The molecule has 8 heteroatoms. The summed E-state index contributed by atoms with van der Waals surface area (Å²) in [7, 11) is 0. The number of aromatic nitrogens is 3. The Labute approximate surface area is 155 Å². The van der Waals surface area contributed by atoms with Gasteiger partial charge < -0.3 is 15.8 Å². The summed E-state index contributed by atoms with van der Waals surface area (Å²) in [6, 6.07) is 14.2. The first-order valence-electron chi connectivity index (χ1n) is 7.77. The molecular weight excluding hydrogens is 354 g/mol. The Hall–Kier alpha value is -3.19. The largest absolute Gasteiger partial charge is 0.454 e. The number of anilines is 3. The van der Waals surface area contributed by atoms with Crippen molar-refractivity contribution in [2.45, 2.75) is 13.5 Å². The van der Waals surface area contributed by atoms with Crippen LogP contribution in [0.1, 0.15) is 21.7 Å². The van der Waals surface area contributed by atoms with Crippen LogP contribution >= 0.6 is 11.6 Å². The Kier molecular flexibility index (Phi) is 5.28. The van der Waals surface area contributed by atoms with Crippen LogP contribution in [0.15, 0.2) is 48.5 Å². The lowest BCUT2D eigenvalue weighted by Crippen LogP contribution is -2.11. The molecule has 0 unspecified atom stereocenters. The van der Waals surface area contributed by atoms with Crippen LogP contribution in [-0.4, -0.2) is 20.9 Å². The fourth-order valence-corrected chi connectivity index (χ4v) is 2.41. The number of nitrogens with zero attached hydrogens (tertiary/aromatic N) is 3. The van der Waals surface area contributed by atoms with Gasteiger partial charge in [-0.2, -0.15) is 15.0 Å². The summed E-state index contributed by atoms with van der Waals surface area (Å²) in [6.07, 6.45) is 0. The van der Waals surface area contributed by atoms with Gasteiger partial charge in [0.05, 0.1) is 5.56 Å².